The van der Waals surface area contributed by atoms with Crippen LogP contribution in [0.4, 0.5) is 0 Å². The summed E-state index contributed by atoms with van der Waals surface area (Å²) in [7, 11) is 1.70. The molecule has 1 heterocycles. The van der Waals surface area contributed by atoms with E-state index in [1.165, 1.54) is 4.90 Å². The summed E-state index contributed by atoms with van der Waals surface area (Å²) in [6.45, 7) is 5.60. The summed E-state index contributed by atoms with van der Waals surface area (Å²) in [6.07, 6.45) is 5.09. The van der Waals surface area contributed by atoms with E-state index < -0.39 is 0 Å². The Bertz CT molecular complexity index is 316. The van der Waals surface area contributed by atoms with E-state index in [0.29, 0.717) is 6.42 Å². The van der Waals surface area contributed by atoms with Crippen molar-refractivity contribution in [2.24, 2.45) is 0 Å². The lowest BCUT2D eigenvalue weighted by molar-refractivity contribution is -0.141. The number of nitrogens with zero attached hydrogens (tertiary/aromatic N) is 1. The van der Waals surface area contributed by atoms with Crippen molar-refractivity contribution >= 4 is 11.8 Å². The van der Waals surface area contributed by atoms with E-state index in [1.807, 2.05) is 13.8 Å². The zero-order valence-electron chi connectivity index (χ0n) is 13.0. The van der Waals surface area contributed by atoms with Gasteiger partial charge in [0.15, 0.2) is 0 Å². The SMILES string of the molecule is CCC(CC)N1C(=O)CC(NCCCCCOC)C1=O. The van der Waals surface area contributed by atoms with Gasteiger partial charge in [-0.25, -0.2) is 0 Å². The summed E-state index contributed by atoms with van der Waals surface area (Å²) in [5.74, 6) is -0.0684. The number of amides is 2. The maximum absolute atomic E-state index is 12.3. The zero-order valence-corrected chi connectivity index (χ0v) is 13.0. The topological polar surface area (TPSA) is 58.6 Å². The van der Waals surface area contributed by atoms with Crippen LogP contribution in [0.1, 0.15) is 52.4 Å². The molecule has 1 fully saturated rings. The molecule has 2 amide bonds. The molecule has 5 heteroatoms. The molecular formula is C15H28N2O3. The van der Waals surface area contributed by atoms with Gasteiger partial charge >= 0.3 is 0 Å². The molecule has 1 aliphatic heterocycles. The molecule has 0 radical (unpaired) electrons. The Morgan fingerprint density at radius 3 is 2.55 bits per heavy atom. The predicted octanol–water partition coefficient (Wildman–Crippen LogP) is 1.71. The van der Waals surface area contributed by atoms with Crippen molar-refractivity contribution in [2.45, 2.75) is 64.5 Å². The quantitative estimate of drug-likeness (QED) is 0.490. The van der Waals surface area contributed by atoms with Crippen molar-refractivity contribution in [1.29, 1.82) is 0 Å². The maximum atomic E-state index is 12.3. The van der Waals surface area contributed by atoms with E-state index in [4.69, 9.17) is 4.74 Å². The summed E-state index contributed by atoms with van der Waals surface area (Å²) in [6, 6.07) is -0.256. The largest absolute Gasteiger partial charge is 0.385 e. The summed E-state index contributed by atoms with van der Waals surface area (Å²) in [5.41, 5.74) is 0. The molecule has 1 N–H and O–H groups in total. The van der Waals surface area contributed by atoms with Gasteiger partial charge in [-0.05, 0) is 38.6 Å². The van der Waals surface area contributed by atoms with Crippen LogP contribution in [0, 0.1) is 0 Å². The molecule has 0 aromatic carbocycles. The number of likely N-dealkylation sites (tertiary alicyclic amines) is 1. The highest BCUT2D eigenvalue weighted by atomic mass is 16.5. The molecule has 0 saturated carbocycles. The average Bonchev–Trinajstić information content (AvgIpc) is 2.72. The molecule has 1 aliphatic rings. The minimum absolute atomic E-state index is 0.0272. The summed E-state index contributed by atoms with van der Waals surface area (Å²) >= 11 is 0. The Balaban J connectivity index is 2.34. The lowest BCUT2D eigenvalue weighted by Gasteiger charge is -2.24. The second-order valence-electron chi connectivity index (χ2n) is 5.34. The number of rotatable bonds is 10. The van der Waals surface area contributed by atoms with Gasteiger partial charge in [-0.3, -0.25) is 14.5 Å². The van der Waals surface area contributed by atoms with Crippen LogP contribution in [0.5, 0.6) is 0 Å². The van der Waals surface area contributed by atoms with E-state index >= 15 is 0 Å². The van der Waals surface area contributed by atoms with E-state index in [2.05, 4.69) is 5.32 Å². The number of hydrogen-bond donors (Lipinski definition) is 1. The number of methoxy groups -OCH3 is 1. The first-order chi connectivity index (χ1) is 9.65. The summed E-state index contributed by atoms with van der Waals surface area (Å²) in [4.78, 5) is 25.7. The molecule has 5 nitrogen and oxygen atoms in total. The highest BCUT2D eigenvalue weighted by Gasteiger charge is 2.40. The Morgan fingerprint density at radius 2 is 1.95 bits per heavy atom. The lowest BCUT2D eigenvalue weighted by Crippen LogP contribution is -2.43. The van der Waals surface area contributed by atoms with Crippen molar-refractivity contribution in [2.75, 3.05) is 20.3 Å². The fraction of sp³-hybridized carbons (Fsp3) is 0.867. The number of carbonyl (C=O) groups is 2. The highest BCUT2D eigenvalue weighted by molar-refractivity contribution is 6.05. The van der Waals surface area contributed by atoms with Crippen molar-refractivity contribution in [1.82, 2.24) is 10.2 Å². The molecule has 116 valence electrons. The molecule has 0 aliphatic carbocycles. The molecule has 0 bridgehead atoms. The first-order valence-corrected chi connectivity index (χ1v) is 7.73. The van der Waals surface area contributed by atoms with E-state index in [-0.39, 0.29) is 23.9 Å². The van der Waals surface area contributed by atoms with Crippen molar-refractivity contribution < 1.29 is 14.3 Å². The van der Waals surface area contributed by atoms with Crippen LogP contribution in [0.25, 0.3) is 0 Å². The van der Waals surface area contributed by atoms with Crippen molar-refractivity contribution in [3.05, 3.63) is 0 Å². The van der Waals surface area contributed by atoms with Crippen LogP contribution < -0.4 is 5.32 Å². The molecule has 0 spiro atoms. The van der Waals surface area contributed by atoms with Crippen LogP contribution in [0.2, 0.25) is 0 Å². The van der Waals surface area contributed by atoms with Gasteiger partial charge in [-0.2, -0.15) is 0 Å². The number of unbranched alkanes of at least 4 members (excludes halogenated alkanes) is 2. The van der Waals surface area contributed by atoms with Gasteiger partial charge in [0.05, 0.1) is 12.5 Å². The number of hydrogen-bond acceptors (Lipinski definition) is 4. The van der Waals surface area contributed by atoms with Crippen molar-refractivity contribution in [3.8, 4) is 0 Å². The molecule has 0 aromatic rings. The zero-order chi connectivity index (χ0) is 15.0. The number of carbonyl (C=O) groups excluding carboxylic acids is 2. The standard InChI is InChI=1S/C15H28N2O3/c1-4-12(5-2)17-14(18)11-13(15(17)19)16-9-7-6-8-10-20-3/h12-13,16H,4-11H2,1-3H3. The fourth-order valence-electron chi connectivity index (χ4n) is 2.67. The third-order valence-corrected chi connectivity index (χ3v) is 3.91. The smallest absolute Gasteiger partial charge is 0.247 e. The summed E-state index contributed by atoms with van der Waals surface area (Å²) < 4.78 is 4.99. The van der Waals surface area contributed by atoms with Gasteiger partial charge in [-0.15, -0.1) is 0 Å². The second-order valence-corrected chi connectivity index (χ2v) is 5.34. The fourth-order valence-corrected chi connectivity index (χ4v) is 2.67. The molecule has 1 rings (SSSR count). The Kier molecular flexibility index (Phi) is 7.77. The van der Waals surface area contributed by atoms with Crippen LogP contribution >= 0.6 is 0 Å². The lowest BCUT2D eigenvalue weighted by atomic mass is 10.1. The first-order valence-electron chi connectivity index (χ1n) is 7.73. The van der Waals surface area contributed by atoms with Crippen LogP contribution in [0.3, 0.4) is 0 Å². The van der Waals surface area contributed by atoms with Gasteiger partial charge in [0, 0.05) is 19.8 Å². The molecule has 1 unspecified atom stereocenters. The molecule has 0 aromatic heterocycles. The highest BCUT2D eigenvalue weighted by Crippen LogP contribution is 2.20. The van der Waals surface area contributed by atoms with Crippen molar-refractivity contribution in [3.63, 3.8) is 0 Å². The normalized spacial score (nSPS) is 19.4. The molecule has 1 atom stereocenters. The first kappa shape index (κ1) is 17.1. The van der Waals surface area contributed by atoms with Crippen LogP contribution in [0.15, 0.2) is 0 Å². The third kappa shape index (κ3) is 4.56. The third-order valence-electron chi connectivity index (χ3n) is 3.91. The van der Waals surface area contributed by atoms with E-state index in [1.54, 1.807) is 7.11 Å². The van der Waals surface area contributed by atoms with Gasteiger partial charge in [0.2, 0.25) is 11.8 Å². The van der Waals surface area contributed by atoms with Gasteiger partial charge in [0.25, 0.3) is 0 Å². The number of ether oxygens (including phenoxy) is 1. The molecular weight excluding hydrogens is 256 g/mol. The van der Waals surface area contributed by atoms with E-state index in [9.17, 15) is 9.59 Å². The maximum Gasteiger partial charge on any atom is 0.247 e. The summed E-state index contributed by atoms with van der Waals surface area (Å²) in [5, 5.41) is 3.22. The van der Waals surface area contributed by atoms with Gasteiger partial charge < -0.3 is 10.1 Å². The Morgan fingerprint density at radius 1 is 1.25 bits per heavy atom. The average molecular weight is 284 g/mol. The number of nitrogens with one attached hydrogen (secondary N) is 1. The predicted molar refractivity (Wildman–Crippen MR) is 78.4 cm³/mol. The Hall–Kier alpha value is -0.940. The number of imide groups is 1. The van der Waals surface area contributed by atoms with Gasteiger partial charge in [0.1, 0.15) is 0 Å². The molecule has 1 saturated heterocycles. The van der Waals surface area contributed by atoms with Crippen LogP contribution in [-0.2, 0) is 14.3 Å². The monoisotopic (exact) mass is 284 g/mol. The van der Waals surface area contributed by atoms with E-state index in [0.717, 1.165) is 45.3 Å². The minimum Gasteiger partial charge on any atom is -0.385 e. The van der Waals surface area contributed by atoms with Crippen LogP contribution in [-0.4, -0.2) is 49.1 Å². The molecule has 20 heavy (non-hydrogen) atoms. The second kappa shape index (κ2) is 9.08. The Labute approximate surface area is 122 Å². The van der Waals surface area contributed by atoms with Gasteiger partial charge in [-0.1, -0.05) is 13.8 Å². The minimum atomic E-state index is -0.314.